The van der Waals surface area contributed by atoms with Crippen molar-refractivity contribution in [2.24, 2.45) is 0 Å². The zero-order valence-electron chi connectivity index (χ0n) is 7.93. The summed E-state index contributed by atoms with van der Waals surface area (Å²) in [6.45, 7) is 0. The highest BCUT2D eigenvalue weighted by molar-refractivity contribution is 5.11. The van der Waals surface area contributed by atoms with Gasteiger partial charge in [-0.2, -0.15) is 0 Å². The van der Waals surface area contributed by atoms with Crippen LogP contribution in [0.15, 0.2) is 18.6 Å². The molecule has 0 radical (unpaired) electrons. The third-order valence-corrected chi connectivity index (χ3v) is 2.84. The van der Waals surface area contributed by atoms with Crippen LogP contribution in [-0.2, 0) is 5.60 Å². The molecule has 1 aromatic heterocycles. The van der Waals surface area contributed by atoms with E-state index in [1.807, 2.05) is 0 Å². The summed E-state index contributed by atoms with van der Waals surface area (Å²) < 4.78 is 0. The lowest BCUT2D eigenvalue weighted by molar-refractivity contribution is -0.0392. The quantitative estimate of drug-likeness (QED) is 0.687. The van der Waals surface area contributed by atoms with Gasteiger partial charge in [-0.1, -0.05) is 0 Å². The van der Waals surface area contributed by atoms with E-state index in [0.29, 0.717) is 31.4 Å². The SMILES string of the molecule is OC1CCC(O)(c2ccncn2)CC1. The Labute approximate surface area is 82.6 Å². The van der Waals surface area contributed by atoms with E-state index in [-0.39, 0.29) is 6.10 Å². The molecule has 76 valence electrons. The van der Waals surface area contributed by atoms with E-state index >= 15 is 0 Å². The molecule has 0 bridgehead atoms. The van der Waals surface area contributed by atoms with Gasteiger partial charge < -0.3 is 10.2 Å². The summed E-state index contributed by atoms with van der Waals surface area (Å²) >= 11 is 0. The molecule has 1 aliphatic carbocycles. The third kappa shape index (κ3) is 1.76. The number of hydrogen-bond donors (Lipinski definition) is 2. The summed E-state index contributed by atoms with van der Waals surface area (Å²) in [5.41, 5.74) is -0.193. The van der Waals surface area contributed by atoms with Gasteiger partial charge in [0, 0.05) is 6.20 Å². The van der Waals surface area contributed by atoms with Crippen molar-refractivity contribution in [3.63, 3.8) is 0 Å². The second kappa shape index (κ2) is 3.63. The summed E-state index contributed by atoms with van der Waals surface area (Å²) in [7, 11) is 0. The predicted octanol–water partition coefficient (Wildman–Crippen LogP) is 0.599. The minimum Gasteiger partial charge on any atom is -0.393 e. The first-order chi connectivity index (χ1) is 6.71. The molecular formula is C10H14N2O2. The number of rotatable bonds is 1. The summed E-state index contributed by atoms with van der Waals surface area (Å²) in [6.07, 6.45) is 5.23. The first kappa shape index (κ1) is 9.55. The van der Waals surface area contributed by atoms with Gasteiger partial charge in [-0.15, -0.1) is 0 Å². The normalized spacial score (nSPS) is 32.9. The van der Waals surface area contributed by atoms with Crippen LogP contribution in [0.3, 0.4) is 0 Å². The molecule has 1 saturated carbocycles. The monoisotopic (exact) mass is 194 g/mol. The van der Waals surface area contributed by atoms with Gasteiger partial charge in [-0.05, 0) is 31.7 Å². The van der Waals surface area contributed by atoms with Gasteiger partial charge in [0.25, 0.3) is 0 Å². The largest absolute Gasteiger partial charge is 0.393 e. The third-order valence-electron chi connectivity index (χ3n) is 2.84. The number of nitrogens with zero attached hydrogens (tertiary/aromatic N) is 2. The lowest BCUT2D eigenvalue weighted by Gasteiger charge is -2.33. The van der Waals surface area contributed by atoms with E-state index in [1.165, 1.54) is 6.33 Å². The molecule has 2 rings (SSSR count). The number of aliphatic hydroxyl groups is 2. The molecule has 2 N–H and O–H groups in total. The smallest absolute Gasteiger partial charge is 0.115 e. The second-order valence-electron chi connectivity index (χ2n) is 3.86. The van der Waals surface area contributed by atoms with Crippen LogP contribution in [-0.4, -0.2) is 26.3 Å². The van der Waals surface area contributed by atoms with Gasteiger partial charge in [0.05, 0.1) is 11.8 Å². The molecule has 4 heteroatoms. The maximum absolute atomic E-state index is 10.3. The molecule has 4 nitrogen and oxygen atoms in total. The van der Waals surface area contributed by atoms with Gasteiger partial charge >= 0.3 is 0 Å². The van der Waals surface area contributed by atoms with E-state index in [9.17, 15) is 10.2 Å². The minimum atomic E-state index is -0.859. The highest BCUT2D eigenvalue weighted by atomic mass is 16.3. The minimum absolute atomic E-state index is 0.267. The van der Waals surface area contributed by atoms with E-state index in [0.717, 1.165) is 0 Å². The maximum Gasteiger partial charge on any atom is 0.115 e. The summed E-state index contributed by atoms with van der Waals surface area (Å²) in [5, 5.41) is 19.6. The van der Waals surface area contributed by atoms with Crippen LogP contribution in [0.4, 0.5) is 0 Å². The molecule has 0 aliphatic heterocycles. The van der Waals surface area contributed by atoms with E-state index < -0.39 is 5.60 Å². The Hall–Kier alpha value is -1.00. The number of aliphatic hydroxyl groups excluding tert-OH is 1. The Morgan fingerprint density at radius 1 is 1.36 bits per heavy atom. The molecule has 0 spiro atoms. The van der Waals surface area contributed by atoms with Crippen molar-refractivity contribution in [3.05, 3.63) is 24.3 Å². The molecule has 1 aromatic rings. The first-order valence-electron chi connectivity index (χ1n) is 4.88. The van der Waals surface area contributed by atoms with Crippen LogP contribution in [0.1, 0.15) is 31.4 Å². The summed E-state index contributed by atoms with van der Waals surface area (Å²) in [5.74, 6) is 0. The molecule has 0 unspecified atom stereocenters. The average Bonchev–Trinajstić information content (AvgIpc) is 2.24. The van der Waals surface area contributed by atoms with Crippen LogP contribution in [0.25, 0.3) is 0 Å². The van der Waals surface area contributed by atoms with Gasteiger partial charge in [0.1, 0.15) is 11.9 Å². The molecular weight excluding hydrogens is 180 g/mol. The summed E-state index contributed by atoms with van der Waals surface area (Å²) in [4.78, 5) is 7.87. The lowest BCUT2D eigenvalue weighted by atomic mass is 9.81. The number of aromatic nitrogens is 2. The van der Waals surface area contributed by atoms with Crippen molar-refractivity contribution in [1.82, 2.24) is 9.97 Å². The Morgan fingerprint density at radius 3 is 2.64 bits per heavy atom. The molecule has 0 atom stereocenters. The molecule has 0 amide bonds. The van der Waals surface area contributed by atoms with Gasteiger partial charge in [0.2, 0.25) is 0 Å². The van der Waals surface area contributed by atoms with Crippen LogP contribution in [0.2, 0.25) is 0 Å². The second-order valence-corrected chi connectivity index (χ2v) is 3.86. The highest BCUT2D eigenvalue weighted by Gasteiger charge is 2.35. The predicted molar refractivity (Wildman–Crippen MR) is 50.4 cm³/mol. The maximum atomic E-state index is 10.3. The van der Waals surface area contributed by atoms with Crippen LogP contribution in [0, 0.1) is 0 Å². The van der Waals surface area contributed by atoms with Crippen molar-refractivity contribution < 1.29 is 10.2 Å². The molecule has 0 saturated heterocycles. The average molecular weight is 194 g/mol. The molecule has 1 aliphatic rings. The molecule has 0 aromatic carbocycles. The van der Waals surface area contributed by atoms with Crippen molar-refractivity contribution >= 4 is 0 Å². The van der Waals surface area contributed by atoms with Crippen molar-refractivity contribution in [2.45, 2.75) is 37.4 Å². The van der Waals surface area contributed by atoms with Gasteiger partial charge in [0.15, 0.2) is 0 Å². The van der Waals surface area contributed by atoms with Gasteiger partial charge in [-0.25, -0.2) is 9.97 Å². The van der Waals surface area contributed by atoms with Crippen LogP contribution >= 0.6 is 0 Å². The van der Waals surface area contributed by atoms with Crippen molar-refractivity contribution in [1.29, 1.82) is 0 Å². The first-order valence-corrected chi connectivity index (χ1v) is 4.88. The summed E-state index contributed by atoms with van der Waals surface area (Å²) in [6, 6.07) is 1.73. The van der Waals surface area contributed by atoms with Crippen LogP contribution in [0.5, 0.6) is 0 Å². The molecule has 1 fully saturated rings. The lowest BCUT2D eigenvalue weighted by Crippen LogP contribution is -2.34. The fourth-order valence-corrected chi connectivity index (χ4v) is 1.90. The molecule has 1 heterocycles. The van der Waals surface area contributed by atoms with Crippen molar-refractivity contribution in [3.8, 4) is 0 Å². The van der Waals surface area contributed by atoms with E-state index in [2.05, 4.69) is 9.97 Å². The standard InChI is InChI=1S/C10H14N2O2/c13-8-1-4-10(14,5-2-8)9-3-6-11-7-12-9/h3,6-8,13-14H,1-2,4-5H2. The highest BCUT2D eigenvalue weighted by Crippen LogP contribution is 2.35. The zero-order chi connectivity index (χ0) is 10.0. The Kier molecular flexibility index (Phi) is 2.48. The van der Waals surface area contributed by atoms with E-state index in [1.54, 1.807) is 12.3 Å². The Balaban J connectivity index is 2.17. The zero-order valence-corrected chi connectivity index (χ0v) is 7.93. The Bertz CT molecular complexity index is 294. The Morgan fingerprint density at radius 2 is 2.07 bits per heavy atom. The fraction of sp³-hybridized carbons (Fsp3) is 0.600. The fourth-order valence-electron chi connectivity index (χ4n) is 1.90. The number of hydrogen-bond acceptors (Lipinski definition) is 4. The van der Waals surface area contributed by atoms with Gasteiger partial charge in [-0.3, -0.25) is 0 Å². The van der Waals surface area contributed by atoms with Crippen LogP contribution < -0.4 is 0 Å². The van der Waals surface area contributed by atoms with E-state index in [4.69, 9.17) is 0 Å². The van der Waals surface area contributed by atoms with Crippen molar-refractivity contribution in [2.75, 3.05) is 0 Å². The topological polar surface area (TPSA) is 66.2 Å². The molecule has 14 heavy (non-hydrogen) atoms.